The Morgan fingerprint density at radius 2 is 1.56 bits per heavy atom. The van der Waals surface area contributed by atoms with Crippen LogP contribution in [-0.2, 0) is 0 Å². The molecule has 1 unspecified atom stereocenters. The molecule has 1 heterocycles. The molecule has 1 aliphatic heterocycles. The van der Waals surface area contributed by atoms with Crippen LogP contribution >= 0.6 is 0 Å². The number of nitrogens with zero attached hydrogens (tertiary/aromatic N) is 1. The van der Waals surface area contributed by atoms with Crippen molar-refractivity contribution in [2.24, 2.45) is 0 Å². The third-order valence-corrected chi connectivity index (χ3v) is 5.00. The topological polar surface area (TPSA) is 3.01 Å². The normalized spacial score (nSPS) is 43.0. The molecule has 0 spiro atoms. The summed E-state index contributed by atoms with van der Waals surface area (Å²) < 4.78 is 0. The molecule has 1 nitrogen and oxygen atoms in total. The van der Waals surface area contributed by atoms with Crippen molar-refractivity contribution in [3.8, 4) is 0 Å². The van der Waals surface area contributed by atoms with E-state index >= 15 is 0 Å². The lowest BCUT2D eigenvalue weighted by atomic mass is 10.6. The highest BCUT2D eigenvalue weighted by atomic mass is 28.3. The van der Waals surface area contributed by atoms with Crippen molar-refractivity contribution in [3.63, 3.8) is 0 Å². The van der Waals surface area contributed by atoms with Gasteiger partial charge in [-0.1, -0.05) is 19.6 Å². The standard InChI is InChI=1S/C7H17NSi/c1-6-7(8(6)2)9(3,4)5/h6-7H,1-5H3/t6-,7-,8?/m0/s1. The summed E-state index contributed by atoms with van der Waals surface area (Å²) in [7, 11) is 1.41. The number of hydrogen-bond acceptors (Lipinski definition) is 1. The van der Waals surface area contributed by atoms with Gasteiger partial charge in [0.1, 0.15) is 0 Å². The van der Waals surface area contributed by atoms with Gasteiger partial charge in [-0.15, -0.1) is 0 Å². The fraction of sp³-hybridized carbons (Fsp3) is 1.00. The number of hydrogen-bond donors (Lipinski definition) is 0. The highest BCUT2D eigenvalue weighted by molar-refractivity contribution is 6.78. The monoisotopic (exact) mass is 143 g/mol. The van der Waals surface area contributed by atoms with E-state index in [0.717, 1.165) is 11.7 Å². The molecule has 0 N–H and O–H groups in total. The maximum Gasteiger partial charge on any atom is 0.0658 e. The van der Waals surface area contributed by atoms with Gasteiger partial charge in [-0.2, -0.15) is 0 Å². The second-order valence-corrected chi connectivity index (χ2v) is 9.54. The molecule has 9 heavy (non-hydrogen) atoms. The summed E-state index contributed by atoms with van der Waals surface area (Å²) in [6, 6.07) is 0.872. The third kappa shape index (κ3) is 1.19. The van der Waals surface area contributed by atoms with Crippen LogP contribution in [0.5, 0.6) is 0 Å². The molecule has 1 rings (SSSR count). The highest BCUT2D eigenvalue weighted by Crippen LogP contribution is 2.32. The largest absolute Gasteiger partial charge is 0.301 e. The molecule has 1 saturated heterocycles. The molecular formula is C7H17NSi. The van der Waals surface area contributed by atoms with E-state index in [1.165, 1.54) is 0 Å². The van der Waals surface area contributed by atoms with Crippen molar-refractivity contribution in [3.05, 3.63) is 0 Å². The number of rotatable bonds is 1. The van der Waals surface area contributed by atoms with Crippen LogP contribution in [0.15, 0.2) is 0 Å². The molecule has 54 valence electrons. The molecule has 0 radical (unpaired) electrons. The summed E-state index contributed by atoms with van der Waals surface area (Å²) in [4.78, 5) is 2.48. The van der Waals surface area contributed by atoms with Crippen LogP contribution in [0.4, 0.5) is 0 Å². The summed E-state index contributed by atoms with van der Waals surface area (Å²) >= 11 is 0. The number of likely N-dealkylation sites (N-methyl/N-ethyl adjacent to an activating group) is 1. The van der Waals surface area contributed by atoms with Crippen molar-refractivity contribution in [2.75, 3.05) is 7.05 Å². The first-order valence-corrected chi connectivity index (χ1v) is 7.24. The molecule has 1 aliphatic rings. The average Bonchev–Trinajstić information content (AvgIpc) is 2.11. The van der Waals surface area contributed by atoms with E-state index in [1.54, 1.807) is 0 Å². The van der Waals surface area contributed by atoms with Crippen LogP contribution in [-0.4, -0.2) is 31.7 Å². The Kier molecular flexibility index (Phi) is 1.48. The van der Waals surface area contributed by atoms with Gasteiger partial charge in [-0.05, 0) is 14.0 Å². The van der Waals surface area contributed by atoms with Crippen LogP contribution in [0, 0.1) is 0 Å². The molecule has 0 aliphatic carbocycles. The van der Waals surface area contributed by atoms with Crippen LogP contribution in [0.2, 0.25) is 19.6 Å². The van der Waals surface area contributed by atoms with Gasteiger partial charge in [0.25, 0.3) is 0 Å². The van der Waals surface area contributed by atoms with E-state index in [4.69, 9.17) is 0 Å². The summed E-state index contributed by atoms with van der Waals surface area (Å²) in [5, 5.41) is 0. The van der Waals surface area contributed by atoms with Gasteiger partial charge in [0.05, 0.1) is 8.07 Å². The molecule has 0 bridgehead atoms. The first-order chi connectivity index (χ1) is 3.94. The molecule has 0 aromatic heterocycles. The predicted molar refractivity (Wildman–Crippen MR) is 44.4 cm³/mol. The zero-order valence-corrected chi connectivity index (χ0v) is 8.10. The van der Waals surface area contributed by atoms with Crippen LogP contribution < -0.4 is 0 Å². The quantitative estimate of drug-likeness (QED) is 0.398. The van der Waals surface area contributed by atoms with Crippen LogP contribution in [0.1, 0.15) is 6.92 Å². The van der Waals surface area contributed by atoms with E-state index in [-0.39, 0.29) is 0 Å². The van der Waals surface area contributed by atoms with E-state index < -0.39 is 8.07 Å². The van der Waals surface area contributed by atoms with Crippen LogP contribution in [0.25, 0.3) is 0 Å². The average molecular weight is 143 g/mol. The van der Waals surface area contributed by atoms with Gasteiger partial charge >= 0.3 is 0 Å². The molecule has 0 aromatic carbocycles. The zero-order chi connectivity index (χ0) is 7.23. The van der Waals surface area contributed by atoms with Crippen molar-refractivity contribution in [1.29, 1.82) is 0 Å². The smallest absolute Gasteiger partial charge is 0.0658 e. The van der Waals surface area contributed by atoms with E-state index in [9.17, 15) is 0 Å². The molecule has 0 amide bonds. The molecule has 0 aromatic rings. The summed E-state index contributed by atoms with van der Waals surface area (Å²) in [5.74, 6) is 0. The SMILES string of the molecule is C[C@H]1[C@H]([Si](C)(C)C)N1C. The first-order valence-electron chi connectivity index (χ1n) is 3.66. The third-order valence-electron chi connectivity index (χ3n) is 2.34. The minimum atomic E-state index is -0.824. The van der Waals surface area contributed by atoms with E-state index in [1.807, 2.05) is 0 Å². The second kappa shape index (κ2) is 1.83. The molecule has 0 saturated carbocycles. The maximum atomic E-state index is 2.48. The fourth-order valence-corrected chi connectivity index (χ4v) is 4.88. The van der Waals surface area contributed by atoms with Crippen molar-refractivity contribution in [2.45, 2.75) is 38.3 Å². The minimum Gasteiger partial charge on any atom is -0.301 e. The molecule has 1 fully saturated rings. The molecule has 2 heteroatoms. The first kappa shape index (κ1) is 7.29. The second-order valence-electron chi connectivity index (χ2n) is 4.22. The molecule has 3 atom stereocenters. The lowest BCUT2D eigenvalue weighted by Crippen LogP contribution is -2.31. The van der Waals surface area contributed by atoms with Crippen molar-refractivity contribution < 1.29 is 0 Å². The predicted octanol–water partition coefficient (Wildman–Crippen LogP) is 1.57. The van der Waals surface area contributed by atoms with Gasteiger partial charge in [0, 0.05) is 11.7 Å². The Balaban J connectivity index is 2.50. The van der Waals surface area contributed by atoms with Crippen molar-refractivity contribution >= 4 is 8.07 Å². The fourth-order valence-electron chi connectivity index (χ4n) is 1.83. The Bertz CT molecular complexity index is 109. The van der Waals surface area contributed by atoms with Gasteiger partial charge in [0.2, 0.25) is 0 Å². The summed E-state index contributed by atoms with van der Waals surface area (Å²) in [6.45, 7) is 9.65. The molecular weight excluding hydrogens is 126 g/mol. The van der Waals surface area contributed by atoms with Gasteiger partial charge in [-0.3, -0.25) is 0 Å². The Labute approximate surface area is 59.1 Å². The zero-order valence-electron chi connectivity index (χ0n) is 7.10. The summed E-state index contributed by atoms with van der Waals surface area (Å²) in [6.07, 6.45) is 0. The lowest BCUT2D eigenvalue weighted by Gasteiger charge is -2.13. The maximum absolute atomic E-state index is 2.48. The van der Waals surface area contributed by atoms with Crippen molar-refractivity contribution in [1.82, 2.24) is 4.90 Å². The van der Waals surface area contributed by atoms with Gasteiger partial charge < -0.3 is 4.90 Å². The Morgan fingerprint density at radius 3 is 1.56 bits per heavy atom. The Hall–Kier alpha value is 0.177. The van der Waals surface area contributed by atoms with Gasteiger partial charge in [0.15, 0.2) is 0 Å². The van der Waals surface area contributed by atoms with Crippen LogP contribution in [0.3, 0.4) is 0 Å². The summed E-state index contributed by atoms with van der Waals surface area (Å²) in [5.41, 5.74) is 0.956. The lowest BCUT2D eigenvalue weighted by molar-refractivity contribution is 0.624. The van der Waals surface area contributed by atoms with E-state index in [0.29, 0.717) is 0 Å². The Morgan fingerprint density at radius 1 is 1.22 bits per heavy atom. The van der Waals surface area contributed by atoms with E-state index in [2.05, 4.69) is 38.5 Å². The van der Waals surface area contributed by atoms with Gasteiger partial charge in [-0.25, -0.2) is 0 Å². The highest BCUT2D eigenvalue weighted by Gasteiger charge is 2.48. The minimum absolute atomic E-state index is 0.824.